The molecule has 2 N–H and O–H groups in total. The number of ether oxygens (including phenoxy) is 1. The van der Waals surface area contributed by atoms with E-state index in [9.17, 15) is 9.90 Å². The first-order valence-electron chi connectivity index (χ1n) is 7.34. The summed E-state index contributed by atoms with van der Waals surface area (Å²) in [6.45, 7) is 2.19. The van der Waals surface area contributed by atoms with E-state index in [1.165, 1.54) is 24.2 Å². The number of thiophene rings is 1. The largest absolute Gasteiger partial charge is 0.387 e. The highest BCUT2D eigenvalue weighted by atomic mass is 32.1. The summed E-state index contributed by atoms with van der Waals surface area (Å²) >= 11 is 1.54. The zero-order valence-electron chi connectivity index (χ0n) is 11.9. The zero-order chi connectivity index (χ0) is 14.4. The van der Waals surface area contributed by atoms with Crippen LogP contribution in [0.2, 0.25) is 0 Å². The summed E-state index contributed by atoms with van der Waals surface area (Å²) in [6, 6.07) is 1.87. The van der Waals surface area contributed by atoms with Crippen molar-refractivity contribution in [3.05, 3.63) is 22.4 Å². The summed E-state index contributed by atoms with van der Waals surface area (Å²) in [6.07, 6.45) is 4.35. The molecule has 1 fully saturated rings. The van der Waals surface area contributed by atoms with Crippen LogP contribution in [0, 0.1) is 0 Å². The number of aliphatic hydroxyl groups is 1. The Hall–Kier alpha value is -0.910. The van der Waals surface area contributed by atoms with Gasteiger partial charge < -0.3 is 15.2 Å². The predicted octanol–water partition coefficient (Wildman–Crippen LogP) is 2.64. The molecule has 1 heterocycles. The molecule has 1 aliphatic carbocycles. The molecule has 0 spiro atoms. The van der Waals surface area contributed by atoms with Gasteiger partial charge in [0.25, 0.3) is 0 Å². The Morgan fingerprint density at radius 2 is 2.30 bits per heavy atom. The SMILES string of the molecule is CCC(OC1CCCC1)C(=O)NCC(O)c1ccsc1. The summed E-state index contributed by atoms with van der Waals surface area (Å²) in [4.78, 5) is 12.1. The third-order valence-corrected chi connectivity index (χ3v) is 4.42. The Kier molecular flexibility index (Phi) is 6.01. The molecule has 2 atom stereocenters. The summed E-state index contributed by atoms with van der Waals surface area (Å²) < 4.78 is 5.85. The Bertz CT molecular complexity index is 401. The molecular formula is C15H23NO3S. The number of amides is 1. The van der Waals surface area contributed by atoms with Crippen LogP contribution in [0.5, 0.6) is 0 Å². The van der Waals surface area contributed by atoms with E-state index in [1.807, 2.05) is 23.8 Å². The lowest BCUT2D eigenvalue weighted by Gasteiger charge is -2.21. The van der Waals surface area contributed by atoms with Crippen LogP contribution in [-0.2, 0) is 9.53 Å². The minimum absolute atomic E-state index is 0.117. The average Bonchev–Trinajstić information content (AvgIpc) is 3.14. The fourth-order valence-electron chi connectivity index (χ4n) is 2.49. The second kappa shape index (κ2) is 7.76. The molecule has 0 aromatic carbocycles. The molecule has 5 heteroatoms. The van der Waals surface area contributed by atoms with E-state index < -0.39 is 12.2 Å². The van der Waals surface area contributed by atoms with Gasteiger partial charge in [0.15, 0.2) is 0 Å². The van der Waals surface area contributed by atoms with Crippen molar-refractivity contribution in [2.75, 3.05) is 6.54 Å². The van der Waals surface area contributed by atoms with E-state index in [0.717, 1.165) is 18.4 Å². The minimum Gasteiger partial charge on any atom is -0.387 e. The maximum atomic E-state index is 12.1. The normalized spacial score (nSPS) is 18.9. The van der Waals surface area contributed by atoms with Crippen LogP contribution in [0.4, 0.5) is 0 Å². The van der Waals surface area contributed by atoms with E-state index >= 15 is 0 Å². The van der Waals surface area contributed by atoms with Gasteiger partial charge in [-0.2, -0.15) is 11.3 Å². The number of hydrogen-bond donors (Lipinski definition) is 2. The topological polar surface area (TPSA) is 58.6 Å². The average molecular weight is 297 g/mol. The second-order valence-electron chi connectivity index (χ2n) is 5.26. The number of hydrogen-bond acceptors (Lipinski definition) is 4. The minimum atomic E-state index is -0.644. The van der Waals surface area contributed by atoms with Gasteiger partial charge >= 0.3 is 0 Å². The van der Waals surface area contributed by atoms with Crippen molar-refractivity contribution < 1.29 is 14.6 Å². The molecule has 20 heavy (non-hydrogen) atoms. The molecule has 0 aliphatic heterocycles. The third kappa shape index (κ3) is 4.30. The van der Waals surface area contributed by atoms with Gasteiger partial charge in [0.05, 0.1) is 12.2 Å². The smallest absolute Gasteiger partial charge is 0.249 e. The van der Waals surface area contributed by atoms with Crippen LogP contribution in [0.15, 0.2) is 16.8 Å². The van der Waals surface area contributed by atoms with Crippen molar-refractivity contribution in [1.29, 1.82) is 0 Å². The number of rotatable bonds is 7. The molecular weight excluding hydrogens is 274 g/mol. The van der Waals surface area contributed by atoms with Crippen LogP contribution < -0.4 is 5.32 Å². The van der Waals surface area contributed by atoms with Crippen molar-refractivity contribution in [2.45, 2.75) is 57.3 Å². The first-order chi connectivity index (χ1) is 9.70. The zero-order valence-corrected chi connectivity index (χ0v) is 12.7. The molecule has 4 nitrogen and oxygen atoms in total. The molecule has 0 radical (unpaired) electrons. The first-order valence-corrected chi connectivity index (χ1v) is 8.28. The molecule has 1 amide bonds. The van der Waals surface area contributed by atoms with Crippen LogP contribution in [0.1, 0.15) is 50.7 Å². The highest BCUT2D eigenvalue weighted by Gasteiger charge is 2.24. The van der Waals surface area contributed by atoms with Crippen LogP contribution in [0.25, 0.3) is 0 Å². The lowest BCUT2D eigenvalue weighted by molar-refractivity contribution is -0.137. The second-order valence-corrected chi connectivity index (χ2v) is 6.04. The molecule has 2 rings (SSSR count). The maximum Gasteiger partial charge on any atom is 0.249 e. The maximum absolute atomic E-state index is 12.1. The lowest BCUT2D eigenvalue weighted by Crippen LogP contribution is -2.39. The van der Waals surface area contributed by atoms with Gasteiger partial charge in [-0.15, -0.1) is 0 Å². The van der Waals surface area contributed by atoms with Crippen molar-refractivity contribution >= 4 is 17.2 Å². The third-order valence-electron chi connectivity index (χ3n) is 3.72. The molecule has 0 bridgehead atoms. The summed E-state index contributed by atoms with van der Waals surface area (Å²) in [5.41, 5.74) is 0.847. The van der Waals surface area contributed by atoms with E-state index in [1.54, 1.807) is 0 Å². The van der Waals surface area contributed by atoms with Gasteiger partial charge in [-0.05, 0) is 41.7 Å². The van der Waals surface area contributed by atoms with E-state index in [4.69, 9.17) is 4.74 Å². The summed E-state index contributed by atoms with van der Waals surface area (Å²) in [7, 11) is 0. The highest BCUT2D eigenvalue weighted by Crippen LogP contribution is 2.23. The van der Waals surface area contributed by atoms with Crippen LogP contribution in [0.3, 0.4) is 0 Å². The van der Waals surface area contributed by atoms with Gasteiger partial charge in [-0.1, -0.05) is 19.8 Å². The van der Waals surface area contributed by atoms with Gasteiger partial charge in [-0.3, -0.25) is 4.79 Å². The Morgan fingerprint density at radius 3 is 2.90 bits per heavy atom. The number of aliphatic hydroxyl groups excluding tert-OH is 1. The molecule has 112 valence electrons. The molecule has 1 aromatic rings. The number of carbonyl (C=O) groups excluding carboxylic acids is 1. The van der Waals surface area contributed by atoms with E-state index in [2.05, 4.69) is 5.32 Å². The fourth-order valence-corrected chi connectivity index (χ4v) is 3.20. The molecule has 2 unspecified atom stereocenters. The van der Waals surface area contributed by atoms with Crippen LogP contribution in [-0.4, -0.2) is 29.8 Å². The Morgan fingerprint density at radius 1 is 1.55 bits per heavy atom. The molecule has 1 aromatic heterocycles. The quantitative estimate of drug-likeness (QED) is 0.813. The monoisotopic (exact) mass is 297 g/mol. The van der Waals surface area contributed by atoms with E-state index in [0.29, 0.717) is 6.42 Å². The van der Waals surface area contributed by atoms with Crippen molar-refractivity contribution in [1.82, 2.24) is 5.32 Å². The predicted molar refractivity (Wildman–Crippen MR) is 79.7 cm³/mol. The molecule has 1 aliphatic rings. The van der Waals surface area contributed by atoms with Gasteiger partial charge in [-0.25, -0.2) is 0 Å². The van der Waals surface area contributed by atoms with Crippen molar-refractivity contribution in [2.24, 2.45) is 0 Å². The number of carbonyl (C=O) groups is 1. The first kappa shape index (κ1) is 15.5. The van der Waals surface area contributed by atoms with Crippen molar-refractivity contribution in [3.63, 3.8) is 0 Å². The van der Waals surface area contributed by atoms with Gasteiger partial charge in [0.2, 0.25) is 5.91 Å². The summed E-state index contributed by atoms with van der Waals surface area (Å²) in [5, 5.41) is 16.5. The fraction of sp³-hybridized carbons (Fsp3) is 0.667. The standard InChI is InChI=1S/C15H23NO3S/c1-2-14(19-12-5-3-4-6-12)15(18)16-9-13(17)11-7-8-20-10-11/h7-8,10,12-14,17H,2-6,9H2,1H3,(H,16,18). The molecule has 1 saturated carbocycles. The van der Waals surface area contributed by atoms with E-state index in [-0.39, 0.29) is 18.6 Å². The van der Waals surface area contributed by atoms with Gasteiger partial charge in [0, 0.05) is 6.54 Å². The number of nitrogens with one attached hydrogen (secondary N) is 1. The Labute approximate surface area is 124 Å². The lowest BCUT2D eigenvalue weighted by atomic mass is 10.2. The van der Waals surface area contributed by atoms with Gasteiger partial charge in [0.1, 0.15) is 6.10 Å². The summed E-state index contributed by atoms with van der Waals surface area (Å²) in [5.74, 6) is -0.117. The van der Waals surface area contributed by atoms with Crippen LogP contribution >= 0.6 is 11.3 Å². The Balaban J connectivity index is 1.76. The molecule has 0 saturated heterocycles. The van der Waals surface area contributed by atoms with Crippen molar-refractivity contribution in [3.8, 4) is 0 Å². The highest BCUT2D eigenvalue weighted by molar-refractivity contribution is 7.07.